The van der Waals surface area contributed by atoms with Crippen molar-refractivity contribution in [1.29, 1.82) is 0 Å². The normalized spacial score (nSPS) is 19.7. The van der Waals surface area contributed by atoms with Crippen molar-refractivity contribution >= 4 is 11.9 Å². The summed E-state index contributed by atoms with van der Waals surface area (Å²) in [4.78, 5) is 24.9. The van der Waals surface area contributed by atoms with Gasteiger partial charge in [0.15, 0.2) is 0 Å². The van der Waals surface area contributed by atoms with Gasteiger partial charge < -0.3 is 14.7 Å². The Balaban J connectivity index is 2.03. The highest BCUT2D eigenvalue weighted by atomic mass is 16.5. The summed E-state index contributed by atoms with van der Waals surface area (Å²) in [6.45, 7) is 4.51. The number of carboxylic acids is 1. The largest absolute Gasteiger partial charge is 0.497 e. The quantitative estimate of drug-likeness (QED) is 0.779. The van der Waals surface area contributed by atoms with Gasteiger partial charge in [0, 0.05) is 13.1 Å². The molecule has 1 amide bonds. The van der Waals surface area contributed by atoms with Crippen LogP contribution in [-0.4, -0.2) is 35.5 Å². The number of aliphatic carboxylic acids is 1. The molecule has 1 N–H and O–H groups in total. The highest BCUT2D eigenvalue weighted by molar-refractivity contribution is 5.89. The molecule has 1 aliphatic carbocycles. The number of rotatable bonds is 7. The second-order valence-corrected chi connectivity index (χ2v) is 5.14. The standard InChI is InChI=1S/C16H19NO4/c1-3-8-17(15(18)13-9-14(13)16(19)20)10-11-4-6-12(21-2)7-5-11/h3-7,13-14H,1,8-10H2,2H3,(H,19,20). The van der Waals surface area contributed by atoms with Gasteiger partial charge in [-0.05, 0) is 24.1 Å². The van der Waals surface area contributed by atoms with Crippen LogP contribution in [0.15, 0.2) is 36.9 Å². The van der Waals surface area contributed by atoms with Crippen LogP contribution >= 0.6 is 0 Å². The number of amides is 1. The monoisotopic (exact) mass is 289 g/mol. The molecule has 5 heteroatoms. The van der Waals surface area contributed by atoms with Crippen molar-refractivity contribution in [2.24, 2.45) is 11.8 Å². The third-order valence-electron chi connectivity index (χ3n) is 3.62. The average Bonchev–Trinajstić information content (AvgIpc) is 3.27. The molecule has 5 nitrogen and oxygen atoms in total. The number of hydrogen-bond donors (Lipinski definition) is 1. The Morgan fingerprint density at radius 1 is 1.38 bits per heavy atom. The summed E-state index contributed by atoms with van der Waals surface area (Å²) in [5.41, 5.74) is 0.971. The van der Waals surface area contributed by atoms with Crippen LogP contribution in [0.1, 0.15) is 12.0 Å². The van der Waals surface area contributed by atoms with Crippen LogP contribution in [0.5, 0.6) is 5.75 Å². The number of nitrogens with zero attached hydrogens (tertiary/aromatic N) is 1. The van der Waals surface area contributed by atoms with Crippen LogP contribution in [0.4, 0.5) is 0 Å². The minimum absolute atomic E-state index is 0.113. The zero-order chi connectivity index (χ0) is 15.4. The third-order valence-corrected chi connectivity index (χ3v) is 3.62. The van der Waals surface area contributed by atoms with Gasteiger partial charge in [0.05, 0.1) is 18.9 Å². The van der Waals surface area contributed by atoms with Gasteiger partial charge in [0.25, 0.3) is 0 Å². The van der Waals surface area contributed by atoms with Crippen LogP contribution in [0, 0.1) is 11.8 Å². The number of carbonyl (C=O) groups excluding carboxylic acids is 1. The van der Waals surface area contributed by atoms with E-state index in [0.717, 1.165) is 11.3 Å². The van der Waals surface area contributed by atoms with E-state index in [0.29, 0.717) is 19.5 Å². The summed E-state index contributed by atoms with van der Waals surface area (Å²) in [5.74, 6) is -1.16. The van der Waals surface area contributed by atoms with Gasteiger partial charge in [-0.25, -0.2) is 0 Å². The van der Waals surface area contributed by atoms with Crippen LogP contribution in [-0.2, 0) is 16.1 Å². The molecule has 1 saturated carbocycles. The van der Waals surface area contributed by atoms with E-state index in [1.165, 1.54) is 0 Å². The van der Waals surface area contributed by atoms with Crippen LogP contribution in [0.3, 0.4) is 0 Å². The number of benzene rings is 1. The van der Waals surface area contributed by atoms with Crippen molar-refractivity contribution in [3.8, 4) is 5.75 Å². The van der Waals surface area contributed by atoms with Gasteiger partial charge in [0.2, 0.25) is 5.91 Å². The van der Waals surface area contributed by atoms with E-state index >= 15 is 0 Å². The maximum Gasteiger partial charge on any atom is 0.307 e. The van der Waals surface area contributed by atoms with E-state index < -0.39 is 11.9 Å². The van der Waals surface area contributed by atoms with E-state index in [-0.39, 0.29) is 11.8 Å². The smallest absolute Gasteiger partial charge is 0.307 e. The zero-order valence-corrected chi connectivity index (χ0v) is 12.0. The molecule has 2 unspecified atom stereocenters. The molecule has 0 aliphatic heterocycles. The lowest BCUT2D eigenvalue weighted by atomic mass is 10.2. The second-order valence-electron chi connectivity index (χ2n) is 5.14. The Morgan fingerprint density at radius 3 is 2.52 bits per heavy atom. The maximum atomic E-state index is 12.3. The molecule has 0 heterocycles. The predicted octanol–water partition coefficient (Wildman–Crippen LogP) is 1.93. The Kier molecular flexibility index (Phi) is 4.62. The maximum absolute atomic E-state index is 12.3. The van der Waals surface area contributed by atoms with Crippen molar-refractivity contribution in [3.05, 3.63) is 42.5 Å². The number of methoxy groups -OCH3 is 1. The van der Waals surface area contributed by atoms with E-state index in [1.54, 1.807) is 18.1 Å². The van der Waals surface area contributed by atoms with Crippen molar-refractivity contribution < 1.29 is 19.4 Å². The summed E-state index contributed by atoms with van der Waals surface area (Å²) < 4.78 is 5.10. The summed E-state index contributed by atoms with van der Waals surface area (Å²) >= 11 is 0. The molecule has 0 radical (unpaired) electrons. The van der Waals surface area contributed by atoms with Gasteiger partial charge in [-0.2, -0.15) is 0 Å². The molecular formula is C16H19NO4. The molecule has 2 atom stereocenters. The first-order chi connectivity index (χ1) is 10.1. The molecule has 21 heavy (non-hydrogen) atoms. The molecule has 1 aromatic rings. The number of carboxylic acid groups (broad SMARTS) is 1. The third kappa shape index (κ3) is 3.62. The fourth-order valence-electron chi connectivity index (χ4n) is 2.31. The minimum Gasteiger partial charge on any atom is -0.497 e. The van der Waals surface area contributed by atoms with Crippen molar-refractivity contribution in [1.82, 2.24) is 4.90 Å². The van der Waals surface area contributed by atoms with Crippen LogP contribution < -0.4 is 4.74 Å². The predicted molar refractivity (Wildman–Crippen MR) is 77.8 cm³/mol. The highest BCUT2D eigenvalue weighted by Gasteiger charge is 2.49. The first-order valence-corrected chi connectivity index (χ1v) is 6.82. The molecule has 0 bridgehead atoms. The van der Waals surface area contributed by atoms with Crippen molar-refractivity contribution in [2.75, 3.05) is 13.7 Å². The Labute approximate surface area is 123 Å². The summed E-state index contributed by atoms with van der Waals surface area (Å²) in [7, 11) is 1.60. The lowest BCUT2D eigenvalue weighted by Crippen LogP contribution is -2.32. The fourth-order valence-corrected chi connectivity index (χ4v) is 2.31. The lowest BCUT2D eigenvalue weighted by molar-refractivity contribution is -0.142. The molecular weight excluding hydrogens is 270 g/mol. The topological polar surface area (TPSA) is 66.8 Å². The zero-order valence-electron chi connectivity index (χ0n) is 12.0. The van der Waals surface area contributed by atoms with E-state index in [1.807, 2.05) is 24.3 Å². The lowest BCUT2D eigenvalue weighted by Gasteiger charge is -2.21. The van der Waals surface area contributed by atoms with Crippen LogP contribution in [0.25, 0.3) is 0 Å². The SMILES string of the molecule is C=CCN(Cc1ccc(OC)cc1)C(=O)C1CC1C(=O)O. The number of hydrogen-bond acceptors (Lipinski definition) is 3. The molecule has 1 aliphatic rings. The van der Waals surface area contributed by atoms with Crippen molar-refractivity contribution in [2.45, 2.75) is 13.0 Å². The number of carbonyl (C=O) groups is 2. The molecule has 1 aromatic carbocycles. The van der Waals surface area contributed by atoms with Crippen molar-refractivity contribution in [3.63, 3.8) is 0 Å². The van der Waals surface area contributed by atoms with Gasteiger partial charge in [-0.1, -0.05) is 18.2 Å². The molecule has 0 saturated heterocycles. The first-order valence-electron chi connectivity index (χ1n) is 6.82. The van der Waals surface area contributed by atoms with E-state index in [4.69, 9.17) is 9.84 Å². The van der Waals surface area contributed by atoms with Gasteiger partial charge in [-0.3, -0.25) is 9.59 Å². The average molecular weight is 289 g/mol. The Hall–Kier alpha value is -2.30. The van der Waals surface area contributed by atoms with E-state index in [2.05, 4.69) is 6.58 Å². The summed E-state index contributed by atoms with van der Waals surface area (Å²) in [6, 6.07) is 7.46. The molecule has 0 aromatic heterocycles. The highest BCUT2D eigenvalue weighted by Crippen LogP contribution is 2.40. The summed E-state index contributed by atoms with van der Waals surface area (Å²) in [5, 5.41) is 8.93. The van der Waals surface area contributed by atoms with Gasteiger partial charge >= 0.3 is 5.97 Å². The molecule has 1 fully saturated rings. The first kappa shape index (κ1) is 15.1. The molecule has 0 spiro atoms. The molecule has 112 valence electrons. The minimum atomic E-state index is -0.892. The summed E-state index contributed by atoms with van der Waals surface area (Å²) in [6.07, 6.45) is 2.09. The molecule has 2 rings (SSSR count). The van der Waals surface area contributed by atoms with Crippen LogP contribution in [0.2, 0.25) is 0 Å². The fraction of sp³-hybridized carbons (Fsp3) is 0.375. The Bertz CT molecular complexity index is 538. The number of ether oxygens (including phenoxy) is 1. The second kappa shape index (κ2) is 6.43. The Morgan fingerprint density at radius 2 is 2.05 bits per heavy atom. The van der Waals surface area contributed by atoms with E-state index in [9.17, 15) is 9.59 Å². The van der Waals surface area contributed by atoms with Gasteiger partial charge in [0.1, 0.15) is 5.75 Å². The van der Waals surface area contributed by atoms with Gasteiger partial charge in [-0.15, -0.1) is 6.58 Å².